The van der Waals surface area contributed by atoms with Crippen molar-refractivity contribution in [2.75, 3.05) is 18.4 Å². The Kier molecular flexibility index (Phi) is 11.2. The number of anilines is 1. The van der Waals surface area contributed by atoms with Crippen LogP contribution in [0.3, 0.4) is 0 Å². The molecule has 13 nitrogen and oxygen atoms in total. The molecule has 1 fully saturated rings. The van der Waals surface area contributed by atoms with Crippen molar-refractivity contribution in [2.24, 2.45) is 16.8 Å². The highest BCUT2D eigenvalue weighted by Crippen LogP contribution is 2.30. The van der Waals surface area contributed by atoms with Gasteiger partial charge in [-0.1, -0.05) is 41.6 Å². The number of ether oxygens (including phenoxy) is 1. The third-order valence-corrected chi connectivity index (χ3v) is 10.4. The molecule has 4 N–H and O–H groups in total. The summed E-state index contributed by atoms with van der Waals surface area (Å²) >= 11 is 1.38. The van der Waals surface area contributed by atoms with Crippen molar-refractivity contribution in [3.63, 3.8) is 0 Å². The van der Waals surface area contributed by atoms with E-state index in [-0.39, 0.29) is 29.0 Å². The van der Waals surface area contributed by atoms with Crippen molar-refractivity contribution < 1.29 is 32.4 Å². The minimum absolute atomic E-state index is 0.00776. The Balaban J connectivity index is 1.32. The molecule has 1 aromatic heterocycles. The second-order valence-electron chi connectivity index (χ2n) is 12.9. The molecule has 1 unspecified atom stereocenters. The number of rotatable bonds is 10. The Bertz CT molecular complexity index is 1980. The van der Waals surface area contributed by atoms with Crippen LogP contribution in [0.4, 0.5) is 10.5 Å². The summed E-state index contributed by atoms with van der Waals surface area (Å²) in [6.07, 6.45) is 0.718. The van der Waals surface area contributed by atoms with Gasteiger partial charge in [0.15, 0.2) is 5.84 Å². The maximum Gasteiger partial charge on any atom is 0.410 e. The number of amides is 2. The SMILES string of the molecule is CC(=O)O/N=C(/N)c1cccc(CC(NS(=O)(=O)c2cccc(NC(=O)C3CCN(C(=O)OC(C)(C)C)CC3)c2)c2nc3ccccc3s2)c1. The molecule has 0 saturated carbocycles. The fraction of sp³-hybridized carbons (Fsp3) is 0.343. The summed E-state index contributed by atoms with van der Waals surface area (Å²) in [6.45, 7) is 7.39. The molecule has 4 aromatic rings. The van der Waals surface area contributed by atoms with Gasteiger partial charge in [-0.2, -0.15) is 0 Å². The molecule has 0 radical (unpaired) electrons. The lowest BCUT2D eigenvalue weighted by molar-refractivity contribution is -0.141. The molecule has 1 saturated heterocycles. The zero-order valence-corrected chi connectivity index (χ0v) is 29.8. The number of para-hydroxylation sites is 1. The van der Waals surface area contributed by atoms with E-state index in [2.05, 4.69) is 20.0 Å². The van der Waals surface area contributed by atoms with Crippen molar-refractivity contribution in [3.8, 4) is 0 Å². The van der Waals surface area contributed by atoms with Gasteiger partial charge >= 0.3 is 12.1 Å². The predicted molar refractivity (Wildman–Crippen MR) is 191 cm³/mol. The van der Waals surface area contributed by atoms with Crippen LogP contribution in [0.5, 0.6) is 0 Å². The summed E-state index contributed by atoms with van der Waals surface area (Å²) in [6, 6.07) is 19.9. The van der Waals surface area contributed by atoms with Gasteiger partial charge in [0.05, 0.1) is 21.2 Å². The molecule has 2 heterocycles. The number of sulfonamides is 1. The number of carbonyl (C=O) groups is 3. The van der Waals surface area contributed by atoms with Crippen LogP contribution < -0.4 is 15.8 Å². The number of amidine groups is 1. The minimum Gasteiger partial charge on any atom is -0.444 e. The lowest BCUT2D eigenvalue weighted by Gasteiger charge is -2.32. The number of aromatic nitrogens is 1. The highest BCUT2D eigenvalue weighted by atomic mass is 32.2. The molecule has 50 heavy (non-hydrogen) atoms. The van der Waals surface area contributed by atoms with Gasteiger partial charge in [0.1, 0.15) is 10.6 Å². The van der Waals surface area contributed by atoms with E-state index < -0.39 is 33.7 Å². The number of carbonyl (C=O) groups excluding carboxylic acids is 3. The monoisotopic (exact) mass is 720 g/mol. The highest BCUT2D eigenvalue weighted by molar-refractivity contribution is 7.89. The number of benzene rings is 3. The fourth-order valence-electron chi connectivity index (χ4n) is 5.37. The number of hydrogen-bond acceptors (Lipinski definition) is 10. The van der Waals surface area contributed by atoms with Crippen LogP contribution in [0.25, 0.3) is 10.2 Å². The van der Waals surface area contributed by atoms with E-state index in [1.807, 2.05) is 30.3 Å². The molecule has 0 aliphatic carbocycles. The maximum atomic E-state index is 13.9. The van der Waals surface area contributed by atoms with Crippen molar-refractivity contribution >= 4 is 61.1 Å². The third-order valence-electron chi connectivity index (χ3n) is 7.77. The van der Waals surface area contributed by atoms with Gasteiger partial charge in [0.25, 0.3) is 0 Å². The molecule has 1 aliphatic heterocycles. The number of hydrogen-bond donors (Lipinski definition) is 3. The van der Waals surface area contributed by atoms with E-state index >= 15 is 0 Å². The second-order valence-corrected chi connectivity index (χ2v) is 15.7. The van der Waals surface area contributed by atoms with E-state index in [4.69, 9.17) is 15.5 Å². The first-order chi connectivity index (χ1) is 23.7. The molecule has 15 heteroatoms. The van der Waals surface area contributed by atoms with Crippen molar-refractivity contribution in [1.82, 2.24) is 14.6 Å². The average Bonchev–Trinajstić information content (AvgIpc) is 3.51. The maximum absolute atomic E-state index is 13.9. The average molecular weight is 721 g/mol. The number of thiazole rings is 1. The molecule has 1 aliphatic rings. The first-order valence-electron chi connectivity index (χ1n) is 16.0. The Labute approximate surface area is 294 Å². The number of nitrogens with two attached hydrogens (primary N) is 1. The van der Waals surface area contributed by atoms with E-state index in [1.165, 1.54) is 30.4 Å². The van der Waals surface area contributed by atoms with Crippen LogP contribution in [0.2, 0.25) is 0 Å². The number of nitrogens with zero attached hydrogens (tertiary/aromatic N) is 3. The number of likely N-dealkylation sites (tertiary alicyclic amines) is 1. The lowest BCUT2D eigenvalue weighted by atomic mass is 9.96. The van der Waals surface area contributed by atoms with Crippen molar-refractivity contribution in [2.45, 2.75) is 63.5 Å². The first kappa shape index (κ1) is 36.4. The van der Waals surface area contributed by atoms with Gasteiger partial charge in [0, 0.05) is 37.2 Å². The Morgan fingerprint density at radius 2 is 1.76 bits per heavy atom. The summed E-state index contributed by atoms with van der Waals surface area (Å²) in [7, 11) is -4.12. The normalized spacial score (nSPS) is 15.0. The summed E-state index contributed by atoms with van der Waals surface area (Å²) in [5.41, 5.74) is 7.71. The topological polar surface area (TPSA) is 182 Å². The lowest BCUT2D eigenvalue weighted by Crippen LogP contribution is -2.43. The van der Waals surface area contributed by atoms with Crippen LogP contribution in [0, 0.1) is 5.92 Å². The number of piperidine rings is 1. The standard InChI is InChI=1S/C35H40N6O7S2/c1-22(42)48-39-31(36)25-10-7-9-23(19-25)20-29(33-38-28-13-5-6-14-30(28)49-33)40-50(45,46)27-12-8-11-26(21-27)37-32(43)24-15-17-41(18-16-24)34(44)47-35(2,3)4/h5-14,19,21,24,29,40H,15-18,20H2,1-4H3,(H2,36,39)(H,37,43). The van der Waals surface area contributed by atoms with Crippen LogP contribution in [0.1, 0.15) is 62.7 Å². The van der Waals surface area contributed by atoms with E-state index in [0.717, 1.165) is 15.8 Å². The van der Waals surface area contributed by atoms with Gasteiger partial charge in [-0.3, -0.25) is 4.79 Å². The summed E-state index contributed by atoms with van der Waals surface area (Å²) < 4.78 is 37.0. The summed E-state index contributed by atoms with van der Waals surface area (Å²) in [5, 5.41) is 7.06. The molecule has 0 spiro atoms. The Hall–Kier alpha value is -4.86. The van der Waals surface area contributed by atoms with Crippen molar-refractivity contribution in [1.29, 1.82) is 0 Å². The molecule has 3 aromatic carbocycles. The fourth-order valence-corrected chi connectivity index (χ4v) is 7.71. The number of oxime groups is 1. The van der Waals surface area contributed by atoms with E-state index in [1.54, 1.807) is 56.0 Å². The zero-order chi connectivity index (χ0) is 36.1. The molecule has 2 amide bonds. The van der Waals surface area contributed by atoms with Gasteiger partial charge in [-0.05, 0) is 82.0 Å². The van der Waals surface area contributed by atoms with Gasteiger partial charge in [-0.15, -0.1) is 11.3 Å². The molecular formula is C35H40N6O7S2. The van der Waals surface area contributed by atoms with Crippen LogP contribution in [-0.4, -0.2) is 60.8 Å². The number of nitrogens with one attached hydrogen (secondary N) is 2. The first-order valence-corrected chi connectivity index (χ1v) is 18.3. The van der Waals surface area contributed by atoms with Crippen LogP contribution in [-0.2, 0) is 35.6 Å². The van der Waals surface area contributed by atoms with E-state index in [0.29, 0.717) is 42.2 Å². The zero-order valence-electron chi connectivity index (χ0n) is 28.2. The Morgan fingerprint density at radius 1 is 1.04 bits per heavy atom. The van der Waals surface area contributed by atoms with Gasteiger partial charge in [-0.25, -0.2) is 27.7 Å². The quantitative estimate of drug-likeness (QED) is 0.0844. The molecule has 1 atom stereocenters. The minimum atomic E-state index is -4.12. The van der Waals surface area contributed by atoms with E-state index in [9.17, 15) is 22.8 Å². The second kappa shape index (κ2) is 15.4. The molecular weight excluding hydrogens is 681 g/mol. The van der Waals surface area contributed by atoms with Crippen molar-refractivity contribution in [3.05, 3.63) is 88.9 Å². The number of fused-ring (bicyclic) bond motifs is 1. The van der Waals surface area contributed by atoms with Crippen LogP contribution >= 0.6 is 11.3 Å². The molecule has 264 valence electrons. The van der Waals surface area contributed by atoms with Crippen LogP contribution in [0.15, 0.2) is 82.8 Å². The largest absolute Gasteiger partial charge is 0.444 e. The van der Waals surface area contributed by atoms with Gasteiger partial charge < -0.3 is 25.5 Å². The Morgan fingerprint density at radius 3 is 2.46 bits per heavy atom. The summed E-state index contributed by atoms with van der Waals surface area (Å²) in [5.74, 6) is -1.22. The highest BCUT2D eigenvalue weighted by Gasteiger charge is 2.30. The van der Waals surface area contributed by atoms with Gasteiger partial charge in [0.2, 0.25) is 15.9 Å². The smallest absolute Gasteiger partial charge is 0.410 e. The predicted octanol–water partition coefficient (Wildman–Crippen LogP) is 5.33. The molecule has 5 rings (SSSR count). The third kappa shape index (κ3) is 9.64. The summed E-state index contributed by atoms with van der Waals surface area (Å²) in [4.78, 5) is 47.8. The molecule has 0 bridgehead atoms.